The molecule has 0 aliphatic rings. The molecule has 0 aromatic heterocycles. The summed E-state index contributed by atoms with van der Waals surface area (Å²) in [4.78, 5) is 0. The maximum atomic E-state index is 7.36. The lowest BCUT2D eigenvalue weighted by atomic mass is 9.75. The summed E-state index contributed by atoms with van der Waals surface area (Å²) in [6.07, 6.45) is 0. The highest BCUT2D eigenvalue weighted by Crippen LogP contribution is 2.54. The molecule has 0 unspecified atom stereocenters. The first-order valence-corrected chi connectivity index (χ1v) is 35.4. The molecular formula is C84H118O4P2. The minimum Gasteiger partial charge on any atom is -0.435 e. The van der Waals surface area contributed by atoms with Gasteiger partial charge in [-0.1, -0.05) is 305 Å². The standard InChI is InChI=1S/C42H55O2P.C42H63O2P/c1-28-24-37(35(41(9,10)11)26-33(28)39(3,4)5)43-45(32-22-20-31(21-23-32)30-18-16-15-17-19-30)44-38-25-29(2)34(40(6,7)8)27-36(38)42(12,13)14;1-37(2,3)28-24-31(39(7,8)9)35(32(25-28)40(10,11)12)43-45(30-22-20-19-21-23-30)44-36-33(41(13,14)15)26-29(38(4,5)6)27-34(36)42(16,17)18/h15-27H,1-14H3;19-27H,1-18H3. The molecule has 7 aromatic carbocycles. The molecule has 0 saturated carbocycles. The second kappa shape index (κ2) is 26.5. The van der Waals surface area contributed by atoms with Crippen molar-refractivity contribution in [3.63, 3.8) is 0 Å². The van der Waals surface area contributed by atoms with Crippen molar-refractivity contribution in [3.8, 4) is 34.1 Å². The highest BCUT2D eigenvalue weighted by Gasteiger charge is 2.37. The lowest BCUT2D eigenvalue weighted by Crippen LogP contribution is -2.25. The highest BCUT2D eigenvalue weighted by molar-refractivity contribution is 7.57. The molecule has 4 nitrogen and oxygen atoms in total. The summed E-state index contributed by atoms with van der Waals surface area (Å²) in [6, 6.07) is 48.5. The molecule has 0 saturated heterocycles. The minimum absolute atomic E-state index is 0.0111. The van der Waals surface area contributed by atoms with Crippen LogP contribution in [0.25, 0.3) is 11.1 Å². The Bertz CT molecular complexity index is 3320. The fourth-order valence-electron chi connectivity index (χ4n) is 11.4. The van der Waals surface area contributed by atoms with E-state index in [-0.39, 0.29) is 54.1 Å². The van der Waals surface area contributed by atoms with Crippen LogP contribution in [0.3, 0.4) is 0 Å². The van der Waals surface area contributed by atoms with Crippen molar-refractivity contribution in [1.82, 2.24) is 0 Å². The molecule has 7 rings (SSSR count). The third-order valence-corrected chi connectivity index (χ3v) is 19.8. The molecule has 0 spiro atoms. The number of benzene rings is 7. The van der Waals surface area contributed by atoms with Crippen LogP contribution in [0.5, 0.6) is 23.0 Å². The van der Waals surface area contributed by atoms with Crippen molar-refractivity contribution in [3.05, 3.63) is 200 Å². The third-order valence-electron chi connectivity index (χ3n) is 16.9. The summed E-state index contributed by atoms with van der Waals surface area (Å²) in [5.74, 6) is 3.70. The molecule has 6 heteroatoms. The molecule has 90 heavy (non-hydrogen) atoms. The highest BCUT2D eigenvalue weighted by atomic mass is 31.2. The van der Waals surface area contributed by atoms with Gasteiger partial charge in [-0.05, 0) is 149 Å². The number of rotatable bonds is 11. The van der Waals surface area contributed by atoms with Crippen molar-refractivity contribution in [2.45, 2.75) is 276 Å². The molecular weight excluding hydrogens is 1130 g/mol. The van der Waals surface area contributed by atoms with E-state index in [1.54, 1.807) is 0 Å². The quantitative estimate of drug-likeness (QED) is 0.121. The van der Waals surface area contributed by atoms with Crippen LogP contribution in [-0.2, 0) is 54.1 Å². The van der Waals surface area contributed by atoms with Gasteiger partial charge in [-0.15, -0.1) is 0 Å². The molecule has 0 bridgehead atoms. The molecule has 0 N–H and O–H groups in total. The Hall–Kier alpha value is -5.40. The van der Waals surface area contributed by atoms with Crippen LogP contribution in [0.1, 0.15) is 274 Å². The zero-order chi connectivity index (χ0) is 68.1. The molecule has 0 atom stereocenters. The first-order valence-electron chi connectivity index (χ1n) is 33.0. The van der Waals surface area contributed by atoms with Gasteiger partial charge in [0.15, 0.2) is 0 Å². The van der Waals surface area contributed by atoms with E-state index in [1.165, 1.54) is 77.9 Å². The first kappa shape index (κ1) is 73.6. The SMILES string of the molecule is CC(C)(C)c1cc(C(C)(C)C)c(OP(Oc2c(C(C)(C)C)cc(C(C)(C)C)cc2C(C)(C)C)c2ccccc2)c(C(C)(C)C)c1.Cc1cc(OP(Oc2cc(C)c(C(C)(C)C)cc2C(C)(C)C)c2ccc(-c3ccccc3)cc2)c(C(C)(C)C)cc1C(C)(C)C. The molecule has 7 aromatic rings. The van der Waals surface area contributed by atoms with Crippen LogP contribution in [0.15, 0.2) is 133 Å². The second-order valence-corrected chi connectivity index (χ2v) is 38.5. The topological polar surface area (TPSA) is 36.9 Å². The summed E-state index contributed by atoms with van der Waals surface area (Å²) < 4.78 is 28.9. The Morgan fingerprint density at radius 3 is 0.767 bits per heavy atom. The monoisotopic (exact) mass is 1250 g/mol. The van der Waals surface area contributed by atoms with E-state index in [4.69, 9.17) is 18.1 Å². The Kier molecular flexibility index (Phi) is 21.7. The van der Waals surface area contributed by atoms with Crippen LogP contribution in [-0.4, -0.2) is 0 Å². The Morgan fingerprint density at radius 1 is 0.233 bits per heavy atom. The lowest BCUT2D eigenvalue weighted by molar-refractivity contribution is 0.440. The zero-order valence-corrected chi connectivity index (χ0v) is 64.0. The molecule has 0 aliphatic carbocycles. The van der Waals surface area contributed by atoms with Crippen molar-refractivity contribution >= 4 is 27.4 Å². The summed E-state index contributed by atoms with van der Waals surface area (Å²) in [5, 5.41) is 2.10. The average Bonchev–Trinajstić information content (AvgIpc) is 0.815. The molecule has 0 aliphatic heterocycles. The van der Waals surface area contributed by atoms with Gasteiger partial charge in [-0.2, -0.15) is 0 Å². The van der Waals surface area contributed by atoms with Crippen molar-refractivity contribution in [2.24, 2.45) is 0 Å². The van der Waals surface area contributed by atoms with Crippen LogP contribution in [0.2, 0.25) is 0 Å². The van der Waals surface area contributed by atoms with Gasteiger partial charge in [0.05, 0.1) is 10.6 Å². The molecule has 488 valence electrons. The van der Waals surface area contributed by atoms with Crippen molar-refractivity contribution in [2.75, 3.05) is 0 Å². The first-order chi connectivity index (χ1) is 40.8. The van der Waals surface area contributed by atoms with Crippen LogP contribution < -0.4 is 28.7 Å². The summed E-state index contributed by atoms with van der Waals surface area (Å²) in [7, 11) is -3.05. The van der Waals surface area contributed by atoms with Gasteiger partial charge in [-0.3, -0.25) is 0 Å². The van der Waals surface area contributed by atoms with Gasteiger partial charge in [0.25, 0.3) is 0 Å². The average molecular weight is 1250 g/mol. The largest absolute Gasteiger partial charge is 0.435 e. The lowest BCUT2D eigenvalue weighted by Gasteiger charge is -2.36. The van der Waals surface area contributed by atoms with E-state index in [1.807, 2.05) is 0 Å². The van der Waals surface area contributed by atoms with E-state index < -0.39 is 16.8 Å². The predicted molar refractivity (Wildman–Crippen MR) is 396 cm³/mol. The van der Waals surface area contributed by atoms with E-state index in [2.05, 4.69) is 355 Å². The minimum atomic E-state index is -1.54. The van der Waals surface area contributed by atoms with Gasteiger partial charge in [-0.25, -0.2) is 0 Å². The van der Waals surface area contributed by atoms with E-state index >= 15 is 0 Å². The summed E-state index contributed by atoms with van der Waals surface area (Å²) in [6.45, 7) is 73.0. The number of hydrogen-bond donors (Lipinski definition) is 0. The Labute approximate surface area is 552 Å². The van der Waals surface area contributed by atoms with E-state index in [9.17, 15) is 0 Å². The smallest absolute Gasteiger partial charge is 0.326 e. The third kappa shape index (κ3) is 18.5. The molecule has 0 radical (unpaired) electrons. The van der Waals surface area contributed by atoms with Gasteiger partial charge in [0, 0.05) is 33.4 Å². The van der Waals surface area contributed by atoms with Gasteiger partial charge in [0.1, 0.15) is 23.0 Å². The second-order valence-electron chi connectivity index (χ2n) is 35.8. The van der Waals surface area contributed by atoms with Gasteiger partial charge in [0.2, 0.25) is 0 Å². The summed E-state index contributed by atoms with van der Waals surface area (Å²) >= 11 is 0. The van der Waals surface area contributed by atoms with Crippen LogP contribution in [0, 0.1) is 13.8 Å². The molecule has 0 heterocycles. The number of aryl methyl sites for hydroxylation is 2. The van der Waals surface area contributed by atoms with E-state index in [0.29, 0.717) is 0 Å². The maximum absolute atomic E-state index is 7.36. The zero-order valence-electron chi connectivity index (χ0n) is 62.2. The van der Waals surface area contributed by atoms with Gasteiger partial charge < -0.3 is 18.1 Å². The normalized spacial score (nSPS) is 13.3. The van der Waals surface area contributed by atoms with Crippen LogP contribution in [0.4, 0.5) is 0 Å². The van der Waals surface area contributed by atoms with Crippen LogP contribution >= 0.6 is 16.8 Å². The van der Waals surface area contributed by atoms with E-state index in [0.717, 1.165) is 33.6 Å². The summed E-state index contributed by atoms with van der Waals surface area (Å²) in [5.41, 5.74) is 16.9. The predicted octanol–water partition coefficient (Wildman–Crippen LogP) is 24.8. The Morgan fingerprint density at radius 2 is 0.489 bits per heavy atom. The Balaban J connectivity index is 0.000000287. The fourth-order valence-corrected chi connectivity index (χ4v) is 14.1. The van der Waals surface area contributed by atoms with Gasteiger partial charge >= 0.3 is 16.8 Å². The molecule has 0 amide bonds. The maximum Gasteiger partial charge on any atom is 0.326 e. The number of hydrogen-bond acceptors (Lipinski definition) is 4. The fraction of sp³-hybridized carbons (Fsp3) is 0.500. The van der Waals surface area contributed by atoms with Crippen molar-refractivity contribution < 1.29 is 18.1 Å². The molecule has 0 fully saturated rings. The van der Waals surface area contributed by atoms with Crippen molar-refractivity contribution in [1.29, 1.82) is 0 Å².